The molecule has 0 fully saturated rings. The van der Waals surface area contributed by atoms with Crippen LogP contribution in [0.25, 0.3) is 0 Å². The van der Waals surface area contributed by atoms with Crippen molar-refractivity contribution in [1.29, 1.82) is 0 Å². The van der Waals surface area contributed by atoms with E-state index in [1.807, 2.05) is 6.07 Å². The summed E-state index contributed by atoms with van der Waals surface area (Å²) in [6.45, 7) is 4.41. The topological polar surface area (TPSA) is 153 Å². The molecule has 1 aromatic carbocycles. The van der Waals surface area contributed by atoms with Crippen LogP contribution in [0.1, 0.15) is 25.3 Å². The normalized spacial score (nSPS) is 9.31. The number of hydrogen-bond acceptors (Lipinski definition) is 4. The van der Waals surface area contributed by atoms with E-state index in [1.54, 1.807) is 0 Å². The summed E-state index contributed by atoms with van der Waals surface area (Å²) in [7, 11) is -5.17. The Labute approximate surface area is 96.4 Å². The Balaban J connectivity index is -0.000000214. The second kappa shape index (κ2) is 9.25. The lowest BCUT2D eigenvalue weighted by molar-refractivity contribution is 0.352. The molecule has 6 nitrogen and oxygen atoms in total. The van der Waals surface area contributed by atoms with E-state index < -0.39 is 10.4 Å². The van der Waals surface area contributed by atoms with E-state index in [0.29, 0.717) is 5.92 Å². The molecule has 0 aliphatic heterocycles. The summed E-state index contributed by atoms with van der Waals surface area (Å²) in [5.74, 6) is 0.659. The lowest BCUT2D eigenvalue weighted by atomic mass is 10.0. The Morgan fingerprint density at radius 2 is 1.31 bits per heavy atom. The van der Waals surface area contributed by atoms with Crippen molar-refractivity contribution < 1.29 is 17.5 Å². The van der Waals surface area contributed by atoms with Crippen molar-refractivity contribution in [2.45, 2.75) is 19.8 Å². The van der Waals surface area contributed by atoms with Crippen LogP contribution in [0.15, 0.2) is 30.3 Å². The van der Waals surface area contributed by atoms with Gasteiger partial charge in [0.25, 0.3) is 0 Å². The average molecular weight is 252 g/mol. The van der Waals surface area contributed by atoms with Crippen LogP contribution in [-0.2, 0) is 10.4 Å². The molecular weight excluding hydrogens is 232 g/mol. The molecule has 8 N–H and O–H groups in total. The second-order valence-corrected chi connectivity index (χ2v) is 3.79. The van der Waals surface area contributed by atoms with Gasteiger partial charge in [-0.15, -0.1) is 0 Å². The first-order valence-corrected chi connectivity index (χ1v) is 5.35. The first-order chi connectivity index (χ1) is 6.30. The van der Waals surface area contributed by atoms with Crippen LogP contribution in [0.3, 0.4) is 0 Å². The fraction of sp³-hybridized carbons (Fsp3) is 0.333. The van der Waals surface area contributed by atoms with Crippen molar-refractivity contribution in [1.82, 2.24) is 12.3 Å². The van der Waals surface area contributed by atoms with Crippen LogP contribution in [0.5, 0.6) is 0 Å². The van der Waals surface area contributed by atoms with Crippen molar-refractivity contribution in [3.8, 4) is 0 Å². The largest absolute Gasteiger partial charge is 0.759 e. The van der Waals surface area contributed by atoms with E-state index in [9.17, 15) is 0 Å². The molecule has 0 spiro atoms. The Bertz CT molecular complexity index is 343. The van der Waals surface area contributed by atoms with Gasteiger partial charge in [-0.1, -0.05) is 44.2 Å². The molecule has 0 aromatic heterocycles. The molecule has 16 heavy (non-hydrogen) atoms. The maximum atomic E-state index is 8.52. The molecule has 0 heterocycles. The maximum Gasteiger partial charge on any atom is 0.0311 e. The maximum absolute atomic E-state index is 8.52. The minimum absolute atomic E-state index is 0. The smallest absolute Gasteiger partial charge is 0.0311 e. The molecule has 0 bridgehead atoms. The lowest BCUT2D eigenvalue weighted by Gasteiger charge is -2.06. The molecule has 0 aliphatic rings. The Hall–Kier alpha value is -0.990. The molecule has 1 rings (SSSR count). The lowest BCUT2D eigenvalue weighted by Crippen LogP contribution is -1.91. The highest BCUT2D eigenvalue weighted by Crippen LogP contribution is 2.11. The highest BCUT2D eigenvalue weighted by molar-refractivity contribution is 7.79. The van der Waals surface area contributed by atoms with Crippen molar-refractivity contribution in [2.24, 2.45) is 0 Å². The van der Waals surface area contributed by atoms with Gasteiger partial charge in [0.05, 0.1) is 0 Å². The van der Waals surface area contributed by atoms with E-state index in [2.05, 4.69) is 38.1 Å². The van der Waals surface area contributed by atoms with Crippen molar-refractivity contribution in [3.05, 3.63) is 35.9 Å². The summed E-state index contributed by atoms with van der Waals surface area (Å²) >= 11 is 0. The average Bonchev–Trinajstić information content (AvgIpc) is 2.03. The zero-order valence-corrected chi connectivity index (χ0v) is 10.8. The van der Waals surface area contributed by atoms with Crippen LogP contribution < -0.4 is 12.3 Å². The SMILES string of the molecule is CC(C)c1ccccc1.O=S(=O)([O-])[O-].[NH4+].[NH4+]. The van der Waals surface area contributed by atoms with Gasteiger partial charge >= 0.3 is 0 Å². The standard InChI is InChI=1S/C9H12.2H3N.H2O4S/c1-8(2)9-6-4-3-5-7-9;;;1-5(2,3)4/h3-8H,1-2H3;2*1H3;(H2,1,2,3,4). The van der Waals surface area contributed by atoms with Gasteiger partial charge in [0, 0.05) is 10.4 Å². The summed E-state index contributed by atoms with van der Waals surface area (Å²) < 4.78 is 34.1. The third-order valence-corrected chi connectivity index (χ3v) is 1.47. The molecule has 0 aliphatic carbocycles. The Morgan fingerprint density at radius 1 is 1.00 bits per heavy atom. The summed E-state index contributed by atoms with van der Waals surface area (Å²) in [6, 6.07) is 10.5. The van der Waals surface area contributed by atoms with Crippen LogP contribution in [0.4, 0.5) is 0 Å². The molecule has 96 valence electrons. The summed E-state index contributed by atoms with van der Waals surface area (Å²) in [5, 5.41) is 0. The van der Waals surface area contributed by atoms with Gasteiger partial charge in [0.1, 0.15) is 0 Å². The van der Waals surface area contributed by atoms with E-state index in [4.69, 9.17) is 17.5 Å². The number of benzene rings is 1. The molecule has 0 saturated heterocycles. The van der Waals surface area contributed by atoms with Crippen molar-refractivity contribution in [2.75, 3.05) is 0 Å². The first kappa shape index (κ1) is 20.4. The Morgan fingerprint density at radius 3 is 1.50 bits per heavy atom. The fourth-order valence-electron chi connectivity index (χ4n) is 0.838. The van der Waals surface area contributed by atoms with Gasteiger partial charge in [-0.05, 0) is 11.5 Å². The second-order valence-electron chi connectivity index (χ2n) is 2.97. The van der Waals surface area contributed by atoms with Gasteiger partial charge < -0.3 is 21.4 Å². The summed E-state index contributed by atoms with van der Waals surface area (Å²) in [6.07, 6.45) is 0. The van der Waals surface area contributed by atoms with Crippen LogP contribution in [-0.4, -0.2) is 17.5 Å². The minimum Gasteiger partial charge on any atom is -0.759 e. The quantitative estimate of drug-likeness (QED) is 0.580. The Kier molecular flexibility index (Phi) is 11.8. The number of rotatable bonds is 1. The fourth-order valence-corrected chi connectivity index (χ4v) is 0.838. The molecule has 0 atom stereocenters. The highest BCUT2D eigenvalue weighted by Gasteiger charge is 1.93. The van der Waals surface area contributed by atoms with Gasteiger partial charge in [0.15, 0.2) is 0 Å². The molecule has 0 saturated carbocycles. The summed E-state index contributed by atoms with van der Waals surface area (Å²) in [4.78, 5) is 0. The van der Waals surface area contributed by atoms with Gasteiger partial charge in [-0.3, -0.25) is 8.42 Å². The summed E-state index contributed by atoms with van der Waals surface area (Å²) in [5.41, 5.74) is 1.41. The van der Waals surface area contributed by atoms with Gasteiger partial charge in [0.2, 0.25) is 0 Å². The van der Waals surface area contributed by atoms with E-state index in [1.165, 1.54) is 5.56 Å². The van der Waals surface area contributed by atoms with Gasteiger partial charge in [-0.25, -0.2) is 0 Å². The zero-order chi connectivity index (χ0) is 11.2. The monoisotopic (exact) mass is 252 g/mol. The van der Waals surface area contributed by atoms with Crippen molar-refractivity contribution >= 4 is 10.4 Å². The zero-order valence-electron chi connectivity index (χ0n) is 10.0. The number of quaternary nitrogens is 2. The predicted octanol–water partition coefficient (Wildman–Crippen LogP) is 2.22. The van der Waals surface area contributed by atoms with E-state index >= 15 is 0 Å². The first-order valence-electron chi connectivity index (χ1n) is 4.02. The minimum atomic E-state index is -5.17. The highest BCUT2D eigenvalue weighted by atomic mass is 32.3. The molecule has 0 radical (unpaired) electrons. The van der Waals surface area contributed by atoms with E-state index in [-0.39, 0.29) is 12.3 Å². The molecule has 0 unspecified atom stereocenters. The number of hydrogen-bond donors (Lipinski definition) is 2. The molecule has 7 heteroatoms. The van der Waals surface area contributed by atoms with Crippen molar-refractivity contribution in [3.63, 3.8) is 0 Å². The molecular formula is C9H20N2O4S. The van der Waals surface area contributed by atoms with Crippen LogP contribution >= 0.6 is 0 Å². The van der Waals surface area contributed by atoms with Gasteiger partial charge in [-0.2, -0.15) is 0 Å². The van der Waals surface area contributed by atoms with Crippen LogP contribution in [0.2, 0.25) is 0 Å². The third-order valence-electron chi connectivity index (χ3n) is 1.47. The van der Waals surface area contributed by atoms with E-state index in [0.717, 1.165) is 0 Å². The predicted molar refractivity (Wildman–Crippen MR) is 63.0 cm³/mol. The molecule has 1 aromatic rings. The third kappa shape index (κ3) is 15.5. The molecule has 0 amide bonds. The van der Waals surface area contributed by atoms with Crippen LogP contribution in [0, 0.1) is 0 Å².